The SMILES string of the molecule is COc1cc(NS(=O)(=O)c2cccc3cccnc23)ccc1C(=O)N1CCN(Cc2cccc(F)c2)CC1. The van der Waals surface area contributed by atoms with Gasteiger partial charge in [0.2, 0.25) is 0 Å². The molecule has 0 spiro atoms. The van der Waals surface area contributed by atoms with Crippen molar-refractivity contribution in [1.82, 2.24) is 14.8 Å². The highest BCUT2D eigenvalue weighted by Crippen LogP contribution is 2.28. The average Bonchev–Trinajstić information content (AvgIpc) is 2.92. The Hall–Kier alpha value is -4.02. The topological polar surface area (TPSA) is 91.8 Å². The molecule has 196 valence electrons. The number of piperazine rings is 1. The Morgan fingerprint density at radius 2 is 1.76 bits per heavy atom. The van der Waals surface area contributed by atoms with Gasteiger partial charge < -0.3 is 9.64 Å². The van der Waals surface area contributed by atoms with Gasteiger partial charge in [0.05, 0.1) is 23.9 Å². The maximum atomic E-state index is 13.5. The number of nitrogens with one attached hydrogen (secondary N) is 1. The largest absolute Gasteiger partial charge is 0.496 e. The van der Waals surface area contributed by atoms with Gasteiger partial charge in [0.25, 0.3) is 15.9 Å². The van der Waals surface area contributed by atoms with E-state index in [1.807, 2.05) is 6.07 Å². The number of anilines is 1. The van der Waals surface area contributed by atoms with Crippen LogP contribution in [0, 0.1) is 5.82 Å². The number of sulfonamides is 1. The van der Waals surface area contributed by atoms with E-state index in [4.69, 9.17) is 4.74 Å². The minimum atomic E-state index is -3.95. The number of ether oxygens (including phenoxy) is 1. The molecule has 0 aliphatic carbocycles. The van der Waals surface area contributed by atoms with E-state index < -0.39 is 10.0 Å². The normalized spacial score (nSPS) is 14.4. The first-order valence-electron chi connectivity index (χ1n) is 12.1. The van der Waals surface area contributed by atoms with Crippen LogP contribution in [-0.2, 0) is 16.6 Å². The number of fused-ring (bicyclic) bond motifs is 1. The minimum Gasteiger partial charge on any atom is -0.496 e. The number of carbonyl (C=O) groups excluding carboxylic acids is 1. The highest BCUT2D eigenvalue weighted by molar-refractivity contribution is 7.93. The van der Waals surface area contributed by atoms with Crippen molar-refractivity contribution in [3.05, 3.63) is 95.9 Å². The van der Waals surface area contributed by atoms with Gasteiger partial charge in [-0.1, -0.05) is 30.3 Å². The first-order chi connectivity index (χ1) is 18.3. The molecule has 1 aromatic heterocycles. The summed E-state index contributed by atoms with van der Waals surface area (Å²) >= 11 is 0. The summed E-state index contributed by atoms with van der Waals surface area (Å²) in [5.41, 5.74) is 1.88. The summed E-state index contributed by atoms with van der Waals surface area (Å²) in [5, 5.41) is 0.713. The fraction of sp³-hybridized carbons (Fsp3) is 0.214. The molecule has 3 aromatic carbocycles. The summed E-state index contributed by atoms with van der Waals surface area (Å²) in [6, 6.07) is 19.7. The Morgan fingerprint density at radius 3 is 2.53 bits per heavy atom. The van der Waals surface area contributed by atoms with Crippen LogP contribution >= 0.6 is 0 Å². The van der Waals surface area contributed by atoms with Crippen molar-refractivity contribution >= 4 is 32.5 Å². The molecule has 1 saturated heterocycles. The lowest BCUT2D eigenvalue weighted by Crippen LogP contribution is -2.48. The lowest BCUT2D eigenvalue weighted by molar-refractivity contribution is 0.0625. The van der Waals surface area contributed by atoms with E-state index >= 15 is 0 Å². The molecule has 38 heavy (non-hydrogen) atoms. The molecule has 8 nitrogen and oxygen atoms in total. The molecule has 0 saturated carbocycles. The Balaban J connectivity index is 1.28. The molecule has 0 atom stereocenters. The fourth-order valence-corrected chi connectivity index (χ4v) is 5.84. The maximum absolute atomic E-state index is 13.5. The minimum absolute atomic E-state index is 0.0610. The van der Waals surface area contributed by atoms with Gasteiger partial charge in [-0.2, -0.15) is 0 Å². The molecule has 4 aromatic rings. The Bertz CT molecular complexity index is 1580. The van der Waals surface area contributed by atoms with Crippen molar-refractivity contribution in [3.8, 4) is 5.75 Å². The molecule has 1 amide bonds. The van der Waals surface area contributed by atoms with Crippen LogP contribution in [0.4, 0.5) is 10.1 Å². The molecular formula is C28H27FN4O4S. The maximum Gasteiger partial charge on any atom is 0.264 e. The van der Waals surface area contributed by atoms with Crippen molar-refractivity contribution in [1.29, 1.82) is 0 Å². The number of pyridine rings is 1. The molecule has 2 heterocycles. The van der Waals surface area contributed by atoms with Crippen LogP contribution in [0.3, 0.4) is 0 Å². The van der Waals surface area contributed by atoms with Crippen LogP contribution in [0.25, 0.3) is 10.9 Å². The van der Waals surface area contributed by atoms with Gasteiger partial charge >= 0.3 is 0 Å². The van der Waals surface area contributed by atoms with E-state index in [1.54, 1.807) is 53.6 Å². The summed E-state index contributed by atoms with van der Waals surface area (Å²) in [7, 11) is -2.51. The number of hydrogen-bond acceptors (Lipinski definition) is 6. The van der Waals surface area contributed by atoms with Gasteiger partial charge in [0.1, 0.15) is 16.5 Å². The second kappa shape index (κ2) is 10.8. The van der Waals surface area contributed by atoms with Gasteiger partial charge in [-0.25, -0.2) is 12.8 Å². The van der Waals surface area contributed by atoms with Crippen molar-refractivity contribution in [2.75, 3.05) is 38.0 Å². The van der Waals surface area contributed by atoms with Gasteiger partial charge in [0.15, 0.2) is 0 Å². The molecule has 0 bridgehead atoms. The van der Waals surface area contributed by atoms with Crippen LogP contribution in [0.5, 0.6) is 5.75 Å². The van der Waals surface area contributed by atoms with E-state index in [-0.39, 0.29) is 28.1 Å². The van der Waals surface area contributed by atoms with Crippen LogP contribution in [0.1, 0.15) is 15.9 Å². The van der Waals surface area contributed by atoms with Crippen LogP contribution in [-0.4, -0.2) is 62.4 Å². The van der Waals surface area contributed by atoms with E-state index in [2.05, 4.69) is 14.6 Å². The molecule has 10 heteroatoms. The summed E-state index contributed by atoms with van der Waals surface area (Å²) < 4.78 is 47.9. The molecule has 0 radical (unpaired) electrons. The number of methoxy groups -OCH3 is 1. The number of amides is 1. The summed E-state index contributed by atoms with van der Waals surface area (Å²) in [5.74, 6) is -0.184. The van der Waals surface area contributed by atoms with Crippen molar-refractivity contribution in [3.63, 3.8) is 0 Å². The predicted octanol–water partition coefficient (Wildman–Crippen LogP) is 4.14. The zero-order valence-corrected chi connectivity index (χ0v) is 21.6. The third kappa shape index (κ3) is 5.46. The van der Waals surface area contributed by atoms with Gasteiger partial charge in [-0.05, 0) is 42.0 Å². The number of nitrogens with zero attached hydrogens (tertiary/aromatic N) is 3. The molecule has 1 aliphatic heterocycles. The zero-order chi connectivity index (χ0) is 26.7. The predicted molar refractivity (Wildman–Crippen MR) is 143 cm³/mol. The molecule has 1 fully saturated rings. The van der Waals surface area contributed by atoms with E-state index in [0.29, 0.717) is 49.2 Å². The highest BCUT2D eigenvalue weighted by atomic mass is 32.2. The fourth-order valence-electron chi connectivity index (χ4n) is 4.61. The Morgan fingerprint density at radius 1 is 1.00 bits per heavy atom. The molecular weight excluding hydrogens is 507 g/mol. The second-order valence-electron chi connectivity index (χ2n) is 9.05. The third-order valence-corrected chi connectivity index (χ3v) is 7.94. The van der Waals surface area contributed by atoms with Crippen LogP contribution in [0.15, 0.2) is 83.9 Å². The number of hydrogen-bond donors (Lipinski definition) is 1. The summed E-state index contributed by atoms with van der Waals surface area (Å²) in [6.07, 6.45) is 1.55. The van der Waals surface area contributed by atoms with Gasteiger partial charge in [-0.3, -0.25) is 19.4 Å². The standard InChI is InChI=1S/C28H27FN4O4S/c1-37-25-18-23(31-38(35,36)26-9-3-6-21-7-4-12-30-27(21)26)10-11-24(25)28(34)33-15-13-32(14-16-33)19-20-5-2-8-22(29)17-20/h2-12,17-18,31H,13-16,19H2,1H3. The smallest absolute Gasteiger partial charge is 0.264 e. The number of halogens is 1. The number of para-hydroxylation sites is 1. The van der Waals surface area contributed by atoms with Crippen molar-refractivity contribution in [2.45, 2.75) is 11.4 Å². The molecule has 5 rings (SSSR count). The summed E-state index contributed by atoms with van der Waals surface area (Å²) in [6.45, 7) is 2.95. The van der Waals surface area contributed by atoms with E-state index in [0.717, 1.165) is 5.56 Å². The van der Waals surface area contributed by atoms with E-state index in [9.17, 15) is 17.6 Å². The molecule has 0 unspecified atom stereocenters. The number of benzene rings is 3. The second-order valence-corrected chi connectivity index (χ2v) is 10.7. The monoisotopic (exact) mass is 534 g/mol. The lowest BCUT2D eigenvalue weighted by Gasteiger charge is -2.35. The zero-order valence-electron chi connectivity index (χ0n) is 20.8. The molecule has 1 N–H and O–H groups in total. The summed E-state index contributed by atoms with van der Waals surface area (Å²) in [4.78, 5) is 21.5. The highest BCUT2D eigenvalue weighted by Gasteiger charge is 2.25. The Labute approximate surface area is 220 Å². The van der Waals surface area contributed by atoms with Crippen LogP contribution < -0.4 is 9.46 Å². The lowest BCUT2D eigenvalue weighted by atomic mass is 10.1. The number of aromatic nitrogens is 1. The number of rotatable bonds is 7. The number of carbonyl (C=O) groups is 1. The van der Waals surface area contributed by atoms with E-state index in [1.165, 1.54) is 31.4 Å². The van der Waals surface area contributed by atoms with Gasteiger partial charge in [0, 0.05) is 50.4 Å². The van der Waals surface area contributed by atoms with Crippen LogP contribution in [0.2, 0.25) is 0 Å². The van der Waals surface area contributed by atoms with Gasteiger partial charge in [-0.15, -0.1) is 0 Å². The first-order valence-corrected chi connectivity index (χ1v) is 13.6. The average molecular weight is 535 g/mol. The first kappa shape index (κ1) is 25.6. The quantitative estimate of drug-likeness (QED) is 0.383. The molecule has 1 aliphatic rings. The van der Waals surface area contributed by atoms with Crippen molar-refractivity contribution in [2.24, 2.45) is 0 Å². The van der Waals surface area contributed by atoms with Crippen molar-refractivity contribution < 1.29 is 22.3 Å². The third-order valence-electron chi connectivity index (χ3n) is 6.52. The Kier molecular flexibility index (Phi) is 7.26.